The molecule has 1 aliphatic rings. The molecule has 2 aromatic heterocycles. The van der Waals surface area contributed by atoms with Crippen LogP contribution in [0.2, 0.25) is 0 Å². The van der Waals surface area contributed by atoms with Gasteiger partial charge in [0.2, 0.25) is 0 Å². The van der Waals surface area contributed by atoms with Crippen LogP contribution in [0.15, 0.2) is 47.5 Å². The quantitative estimate of drug-likeness (QED) is 0.439. The maximum absolute atomic E-state index is 14.6. The summed E-state index contributed by atoms with van der Waals surface area (Å²) in [6.45, 7) is 6.12. The number of nitrogens with one attached hydrogen (secondary N) is 1. The van der Waals surface area contributed by atoms with E-state index in [2.05, 4.69) is 10.1 Å². The van der Waals surface area contributed by atoms with Gasteiger partial charge in [0.25, 0.3) is 0 Å². The topological polar surface area (TPSA) is 83.1 Å². The molecule has 10 heteroatoms. The highest BCUT2D eigenvalue weighted by atomic mass is 19.1. The Morgan fingerprint density at radius 3 is 2.44 bits per heavy atom. The average molecular weight is 494 g/mol. The fourth-order valence-electron chi connectivity index (χ4n) is 4.72. The Bertz CT molecular complexity index is 1540. The molecule has 0 amide bonds. The number of methoxy groups -OCH3 is 1. The second-order valence-electron chi connectivity index (χ2n) is 8.89. The van der Waals surface area contributed by atoms with Gasteiger partial charge in [-0.05, 0) is 62.2 Å². The lowest BCUT2D eigenvalue weighted by atomic mass is 10.0. The monoisotopic (exact) mass is 493 g/mol. The van der Waals surface area contributed by atoms with Crippen LogP contribution in [0.4, 0.5) is 8.78 Å². The molecule has 3 heterocycles. The lowest BCUT2D eigenvalue weighted by Gasteiger charge is -2.21. The Morgan fingerprint density at radius 1 is 1.08 bits per heavy atom. The summed E-state index contributed by atoms with van der Waals surface area (Å²) in [5, 5.41) is 8.22. The molecule has 0 radical (unpaired) electrons. The van der Waals surface area contributed by atoms with Gasteiger partial charge in [0, 0.05) is 37.0 Å². The van der Waals surface area contributed by atoms with E-state index in [1.165, 1.54) is 34.6 Å². The number of aryl methyl sites for hydroxylation is 2. The second kappa shape index (κ2) is 8.87. The molecule has 2 aromatic carbocycles. The molecule has 0 bridgehead atoms. The molecule has 1 N–H and O–H groups in total. The molecule has 1 atom stereocenters. The number of benzene rings is 2. The van der Waals surface area contributed by atoms with Gasteiger partial charge in [-0.25, -0.2) is 23.1 Å². The largest absolute Gasteiger partial charge is 0.465 e. The molecule has 4 aromatic rings. The molecular formula is C26H25F2N5O3. The maximum atomic E-state index is 14.6. The second-order valence-corrected chi connectivity index (χ2v) is 8.89. The van der Waals surface area contributed by atoms with Gasteiger partial charge in [-0.15, -0.1) is 0 Å². The van der Waals surface area contributed by atoms with Gasteiger partial charge in [-0.3, -0.25) is 9.13 Å². The van der Waals surface area contributed by atoms with Crippen LogP contribution in [0.1, 0.15) is 45.7 Å². The van der Waals surface area contributed by atoms with Gasteiger partial charge >= 0.3 is 11.7 Å². The first kappa shape index (κ1) is 23.7. The number of ether oxygens (including phenoxy) is 1. The minimum absolute atomic E-state index is 0.0767. The zero-order chi connectivity index (χ0) is 25.7. The highest BCUT2D eigenvalue weighted by Crippen LogP contribution is 2.31. The maximum Gasteiger partial charge on any atom is 0.340 e. The number of fused-ring (bicyclic) bond motifs is 1. The minimum Gasteiger partial charge on any atom is -0.465 e. The van der Waals surface area contributed by atoms with E-state index in [9.17, 15) is 18.4 Å². The lowest BCUT2D eigenvalue weighted by Crippen LogP contribution is -2.30. The predicted molar refractivity (Wildman–Crippen MR) is 129 cm³/mol. The lowest BCUT2D eigenvalue weighted by molar-refractivity contribution is 0.0595. The van der Waals surface area contributed by atoms with Crippen LogP contribution in [0.5, 0.6) is 0 Å². The number of esters is 1. The number of carbonyl (C=O) groups excluding carboxylic acids is 1. The number of rotatable bonds is 4. The summed E-state index contributed by atoms with van der Waals surface area (Å²) >= 11 is 0. The number of halogens is 2. The first-order chi connectivity index (χ1) is 17.2. The number of hydrogen-bond donors (Lipinski definition) is 1. The Kier molecular flexibility index (Phi) is 5.83. The zero-order valence-electron chi connectivity index (χ0n) is 20.3. The molecule has 186 valence electrons. The summed E-state index contributed by atoms with van der Waals surface area (Å²) in [6, 6.07) is 7.19. The van der Waals surface area contributed by atoms with Crippen molar-refractivity contribution >= 4 is 5.97 Å². The number of aromatic nitrogens is 4. The van der Waals surface area contributed by atoms with Crippen LogP contribution in [0, 0.1) is 25.5 Å². The smallest absolute Gasteiger partial charge is 0.340 e. The highest BCUT2D eigenvalue weighted by molar-refractivity contribution is 5.89. The molecule has 36 heavy (non-hydrogen) atoms. The van der Waals surface area contributed by atoms with Gasteiger partial charge in [0.05, 0.1) is 29.7 Å². The number of hydrogen-bond acceptors (Lipinski definition) is 5. The molecule has 0 saturated heterocycles. The summed E-state index contributed by atoms with van der Waals surface area (Å²) in [7, 11) is 1.17. The summed E-state index contributed by atoms with van der Waals surface area (Å²) in [5.74, 6) is -1.35. The van der Waals surface area contributed by atoms with Crippen LogP contribution in [0.3, 0.4) is 0 Å². The number of carbonyl (C=O) groups is 1. The summed E-state index contributed by atoms with van der Waals surface area (Å²) in [5.41, 5.74) is 2.89. The van der Waals surface area contributed by atoms with Crippen LogP contribution < -0.4 is 11.0 Å². The number of nitrogens with zero attached hydrogens (tertiary/aromatic N) is 4. The summed E-state index contributed by atoms with van der Waals surface area (Å²) in [4.78, 5) is 25.4. The van der Waals surface area contributed by atoms with E-state index >= 15 is 0 Å². The van der Waals surface area contributed by atoms with Crippen molar-refractivity contribution < 1.29 is 18.3 Å². The van der Waals surface area contributed by atoms with Gasteiger partial charge in [0.1, 0.15) is 17.5 Å². The molecular weight excluding hydrogens is 468 g/mol. The van der Waals surface area contributed by atoms with Crippen LogP contribution in [-0.4, -0.2) is 38.5 Å². The van der Waals surface area contributed by atoms with Crippen LogP contribution in [-0.2, 0) is 11.2 Å². The fraction of sp³-hybridized carbons (Fsp3) is 0.269. The van der Waals surface area contributed by atoms with Crippen molar-refractivity contribution in [3.8, 4) is 17.2 Å². The Balaban J connectivity index is 1.70. The van der Waals surface area contributed by atoms with Crippen molar-refractivity contribution in [2.24, 2.45) is 0 Å². The van der Waals surface area contributed by atoms with Crippen LogP contribution >= 0.6 is 0 Å². The minimum atomic E-state index is -0.800. The first-order valence-corrected chi connectivity index (χ1v) is 11.5. The Morgan fingerprint density at radius 2 is 1.78 bits per heavy atom. The standard InChI is InChI=1S/C26H25F2N5O3/c1-14-11-18(12-15(2)23(14)28)33-24(22-16(3)29-8-7-21(22)30-33)32-10-9-31(26(32)35)17-5-6-19(20(27)13-17)25(34)36-4/h5-6,9-13,16,29H,7-8H2,1-4H3/t16-/m0/s1. The van der Waals surface area contributed by atoms with Crippen molar-refractivity contribution in [1.82, 2.24) is 24.2 Å². The van der Waals surface area contributed by atoms with Crippen molar-refractivity contribution in [1.29, 1.82) is 0 Å². The molecule has 0 unspecified atom stereocenters. The van der Waals surface area contributed by atoms with Crippen molar-refractivity contribution in [2.45, 2.75) is 33.2 Å². The van der Waals surface area contributed by atoms with E-state index in [1.807, 2.05) is 6.92 Å². The Hall–Kier alpha value is -4.05. The van der Waals surface area contributed by atoms with Crippen molar-refractivity contribution in [3.05, 3.63) is 92.8 Å². The van der Waals surface area contributed by atoms with Gasteiger partial charge in [-0.1, -0.05) is 0 Å². The molecule has 0 aliphatic carbocycles. The molecule has 0 saturated carbocycles. The zero-order valence-corrected chi connectivity index (χ0v) is 20.3. The Labute approximate surface area is 205 Å². The normalized spacial score (nSPS) is 15.1. The van der Waals surface area contributed by atoms with E-state index < -0.39 is 17.5 Å². The van der Waals surface area contributed by atoms with Gasteiger partial charge < -0.3 is 10.1 Å². The van der Waals surface area contributed by atoms with E-state index in [0.29, 0.717) is 29.1 Å². The molecule has 5 rings (SSSR count). The molecule has 0 fully saturated rings. The predicted octanol–water partition coefficient (Wildman–Crippen LogP) is 3.70. The van der Waals surface area contributed by atoms with Gasteiger partial charge in [0.15, 0.2) is 0 Å². The number of imidazole rings is 1. The third kappa shape index (κ3) is 3.74. The van der Waals surface area contributed by atoms with Crippen LogP contribution in [0.25, 0.3) is 17.2 Å². The summed E-state index contributed by atoms with van der Waals surface area (Å²) in [6.07, 6.45) is 3.79. The summed E-state index contributed by atoms with van der Waals surface area (Å²) < 4.78 is 37.9. The van der Waals surface area contributed by atoms with Gasteiger partial charge in [-0.2, -0.15) is 5.10 Å². The van der Waals surface area contributed by atoms with E-state index in [4.69, 9.17) is 5.10 Å². The molecule has 1 aliphatic heterocycles. The third-order valence-electron chi connectivity index (χ3n) is 6.53. The highest BCUT2D eigenvalue weighted by Gasteiger charge is 2.29. The molecule has 8 nitrogen and oxygen atoms in total. The SMILES string of the molecule is COC(=O)c1ccc(-n2ccn(-c3c4c(nn3-c3cc(C)c(F)c(C)c3)CCN[C@H]4C)c2=O)cc1F. The van der Waals surface area contributed by atoms with E-state index in [1.54, 1.807) is 36.9 Å². The fourth-order valence-corrected chi connectivity index (χ4v) is 4.72. The molecule has 0 spiro atoms. The van der Waals surface area contributed by atoms with E-state index in [-0.39, 0.29) is 23.1 Å². The average Bonchev–Trinajstić information content (AvgIpc) is 3.42. The van der Waals surface area contributed by atoms with Crippen molar-refractivity contribution in [2.75, 3.05) is 13.7 Å². The third-order valence-corrected chi connectivity index (χ3v) is 6.53. The van der Waals surface area contributed by atoms with E-state index in [0.717, 1.165) is 23.9 Å². The first-order valence-electron chi connectivity index (χ1n) is 11.5. The van der Waals surface area contributed by atoms with Crippen molar-refractivity contribution in [3.63, 3.8) is 0 Å².